The lowest BCUT2D eigenvalue weighted by Crippen LogP contribution is -2.26. The van der Waals surface area contributed by atoms with Gasteiger partial charge in [-0.15, -0.1) is 0 Å². The van der Waals surface area contributed by atoms with Crippen LogP contribution in [0.15, 0.2) is 83.8 Å². The fraction of sp³-hybridized carbons (Fsp3) is 0.174. The van der Waals surface area contributed by atoms with Gasteiger partial charge in [0.05, 0.1) is 16.7 Å². The van der Waals surface area contributed by atoms with Crippen LogP contribution in [0.5, 0.6) is 5.75 Å². The standard InChI is InChI=1S/C23H24N2O4S/c1-17(2)29-21-14-12-19(13-15-21)24-23(26)18-8-7-11-22(16-18)30(27,28)25(3)20-9-5-4-6-10-20/h4-17H,1-3H3,(H,24,26). The molecule has 6 nitrogen and oxygen atoms in total. The van der Waals surface area contributed by atoms with Crippen LogP contribution in [0.4, 0.5) is 11.4 Å². The van der Waals surface area contributed by atoms with Gasteiger partial charge in [0.25, 0.3) is 15.9 Å². The Morgan fingerprint density at radius 2 is 1.60 bits per heavy atom. The van der Waals surface area contributed by atoms with E-state index in [0.29, 0.717) is 17.1 Å². The quantitative estimate of drug-likeness (QED) is 0.604. The van der Waals surface area contributed by atoms with Gasteiger partial charge >= 0.3 is 0 Å². The summed E-state index contributed by atoms with van der Waals surface area (Å²) in [5.41, 5.74) is 1.38. The van der Waals surface area contributed by atoms with Gasteiger partial charge in [-0.1, -0.05) is 24.3 Å². The summed E-state index contributed by atoms with van der Waals surface area (Å²) in [4.78, 5) is 12.7. The lowest BCUT2D eigenvalue weighted by atomic mass is 10.2. The second kappa shape index (κ2) is 9.00. The fourth-order valence-corrected chi connectivity index (χ4v) is 4.07. The van der Waals surface area contributed by atoms with Crippen molar-refractivity contribution in [3.8, 4) is 5.75 Å². The SMILES string of the molecule is CC(C)Oc1ccc(NC(=O)c2cccc(S(=O)(=O)N(C)c3ccccc3)c2)cc1. The molecule has 156 valence electrons. The lowest BCUT2D eigenvalue weighted by molar-refractivity contribution is 0.102. The van der Waals surface area contributed by atoms with Gasteiger partial charge in [-0.2, -0.15) is 0 Å². The van der Waals surface area contributed by atoms with Crippen molar-refractivity contribution < 1.29 is 17.9 Å². The van der Waals surface area contributed by atoms with Gasteiger partial charge in [-0.3, -0.25) is 9.10 Å². The number of sulfonamides is 1. The average molecular weight is 425 g/mol. The molecule has 3 rings (SSSR count). The third kappa shape index (κ3) is 4.99. The first-order valence-corrected chi connectivity index (χ1v) is 10.9. The molecule has 0 aliphatic heterocycles. The van der Waals surface area contributed by atoms with Crippen LogP contribution in [-0.2, 0) is 10.0 Å². The maximum absolute atomic E-state index is 13.0. The molecular weight excluding hydrogens is 400 g/mol. The van der Waals surface area contributed by atoms with Crippen LogP contribution in [0.3, 0.4) is 0 Å². The molecule has 30 heavy (non-hydrogen) atoms. The predicted octanol–water partition coefficient (Wildman–Crippen LogP) is 4.55. The number of carbonyl (C=O) groups is 1. The summed E-state index contributed by atoms with van der Waals surface area (Å²) in [5, 5.41) is 2.78. The second-order valence-electron chi connectivity index (χ2n) is 6.98. The normalized spacial score (nSPS) is 11.2. The Kier molecular flexibility index (Phi) is 6.42. The Labute approximate surface area is 177 Å². The van der Waals surface area contributed by atoms with Crippen molar-refractivity contribution in [2.75, 3.05) is 16.7 Å². The summed E-state index contributed by atoms with van der Waals surface area (Å²) in [6.45, 7) is 3.87. The third-order valence-electron chi connectivity index (χ3n) is 4.36. The molecule has 0 radical (unpaired) electrons. The first-order chi connectivity index (χ1) is 14.3. The van der Waals surface area contributed by atoms with E-state index in [1.165, 1.54) is 23.5 Å². The maximum Gasteiger partial charge on any atom is 0.264 e. The summed E-state index contributed by atoms with van der Waals surface area (Å²) in [6, 6.07) is 21.8. The molecule has 0 saturated carbocycles. The molecular formula is C23H24N2O4S. The van der Waals surface area contributed by atoms with Gasteiger partial charge in [-0.25, -0.2) is 8.42 Å². The number of anilines is 2. The number of hydrogen-bond donors (Lipinski definition) is 1. The zero-order valence-corrected chi connectivity index (χ0v) is 17.9. The Hall–Kier alpha value is -3.32. The highest BCUT2D eigenvalue weighted by Gasteiger charge is 2.22. The van der Waals surface area contributed by atoms with E-state index in [9.17, 15) is 13.2 Å². The van der Waals surface area contributed by atoms with Crippen molar-refractivity contribution in [2.24, 2.45) is 0 Å². The number of rotatable bonds is 7. The van der Waals surface area contributed by atoms with Crippen LogP contribution >= 0.6 is 0 Å². The Balaban J connectivity index is 1.78. The molecule has 0 aromatic heterocycles. The zero-order valence-electron chi connectivity index (χ0n) is 17.1. The van der Waals surface area contributed by atoms with E-state index in [1.54, 1.807) is 60.7 Å². The van der Waals surface area contributed by atoms with Gasteiger partial charge in [-0.05, 0) is 68.4 Å². The highest BCUT2D eigenvalue weighted by molar-refractivity contribution is 7.92. The molecule has 0 bridgehead atoms. The van der Waals surface area contributed by atoms with Crippen molar-refractivity contribution in [2.45, 2.75) is 24.8 Å². The topological polar surface area (TPSA) is 75.7 Å². The van der Waals surface area contributed by atoms with E-state index in [0.717, 1.165) is 0 Å². The molecule has 0 fully saturated rings. The summed E-state index contributed by atoms with van der Waals surface area (Å²) in [6.07, 6.45) is 0.0594. The van der Waals surface area contributed by atoms with E-state index < -0.39 is 15.9 Å². The summed E-state index contributed by atoms with van der Waals surface area (Å²) in [5.74, 6) is 0.312. The summed E-state index contributed by atoms with van der Waals surface area (Å²) >= 11 is 0. The average Bonchev–Trinajstić information content (AvgIpc) is 2.75. The van der Waals surface area contributed by atoms with Crippen LogP contribution in [0, 0.1) is 0 Å². The minimum Gasteiger partial charge on any atom is -0.491 e. The monoisotopic (exact) mass is 424 g/mol. The number of para-hydroxylation sites is 1. The highest BCUT2D eigenvalue weighted by atomic mass is 32.2. The predicted molar refractivity (Wildman–Crippen MR) is 119 cm³/mol. The number of carbonyl (C=O) groups excluding carboxylic acids is 1. The van der Waals surface area contributed by atoms with Crippen molar-refractivity contribution in [1.29, 1.82) is 0 Å². The Morgan fingerprint density at radius 3 is 2.23 bits per heavy atom. The Bertz CT molecular complexity index is 1110. The smallest absolute Gasteiger partial charge is 0.264 e. The number of benzene rings is 3. The molecule has 0 aliphatic carbocycles. The van der Waals surface area contributed by atoms with Gasteiger partial charge in [0.15, 0.2) is 0 Å². The van der Waals surface area contributed by atoms with Crippen LogP contribution in [-0.4, -0.2) is 27.5 Å². The van der Waals surface area contributed by atoms with Crippen molar-refractivity contribution in [3.63, 3.8) is 0 Å². The number of nitrogens with zero attached hydrogens (tertiary/aromatic N) is 1. The van der Waals surface area contributed by atoms with E-state index in [-0.39, 0.29) is 16.6 Å². The number of amides is 1. The lowest BCUT2D eigenvalue weighted by Gasteiger charge is -2.19. The van der Waals surface area contributed by atoms with Crippen molar-refractivity contribution in [3.05, 3.63) is 84.4 Å². The molecule has 1 amide bonds. The largest absolute Gasteiger partial charge is 0.491 e. The fourth-order valence-electron chi connectivity index (χ4n) is 2.82. The van der Waals surface area contributed by atoms with E-state index in [1.807, 2.05) is 19.9 Å². The van der Waals surface area contributed by atoms with Gasteiger partial charge in [0.1, 0.15) is 5.75 Å². The molecule has 0 saturated heterocycles. The third-order valence-corrected chi connectivity index (χ3v) is 6.14. The van der Waals surface area contributed by atoms with E-state index in [2.05, 4.69) is 5.32 Å². The van der Waals surface area contributed by atoms with Crippen molar-refractivity contribution >= 4 is 27.3 Å². The van der Waals surface area contributed by atoms with Crippen molar-refractivity contribution in [1.82, 2.24) is 0 Å². The number of hydrogen-bond acceptors (Lipinski definition) is 4. The molecule has 0 heterocycles. The van der Waals surface area contributed by atoms with Crippen LogP contribution in [0.1, 0.15) is 24.2 Å². The van der Waals surface area contributed by atoms with Gasteiger partial charge < -0.3 is 10.1 Å². The molecule has 0 atom stereocenters. The highest BCUT2D eigenvalue weighted by Crippen LogP contribution is 2.23. The maximum atomic E-state index is 13.0. The van der Waals surface area contributed by atoms with E-state index >= 15 is 0 Å². The number of ether oxygens (including phenoxy) is 1. The van der Waals surface area contributed by atoms with Crippen LogP contribution < -0.4 is 14.4 Å². The molecule has 0 spiro atoms. The minimum atomic E-state index is -3.80. The minimum absolute atomic E-state index is 0.0437. The molecule has 0 unspecified atom stereocenters. The Morgan fingerprint density at radius 1 is 0.933 bits per heavy atom. The van der Waals surface area contributed by atoms with Gasteiger partial charge in [0.2, 0.25) is 0 Å². The molecule has 1 N–H and O–H groups in total. The van der Waals surface area contributed by atoms with E-state index in [4.69, 9.17) is 4.74 Å². The van der Waals surface area contributed by atoms with Gasteiger partial charge in [0, 0.05) is 18.3 Å². The molecule has 0 aliphatic rings. The first-order valence-electron chi connectivity index (χ1n) is 9.49. The summed E-state index contributed by atoms with van der Waals surface area (Å²) in [7, 11) is -2.32. The van der Waals surface area contributed by atoms with Crippen LogP contribution in [0.25, 0.3) is 0 Å². The first kappa shape index (κ1) is 21.4. The number of nitrogens with one attached hydrogen (secondary N) is 1. The molecule has 3 aromatic rings. The molecule has 7 heteroatoms. The summed E-state index contributed by atoms with van der Waals surface area (Å²) < 4.78 is 32.7. The zero-order chi connectivity index (χ0) is 21.7. The second-order valence-corrected chi connectivity index (χ2v) is 8.95. The molecule has 3 aromatic carbocycles. The van der Waals surface area contributed by atoms with Crippen LogP contribution in [0.2, 0.25) is 0 Å².